The van der Waals surface area contributed by atoms with Crippen LogP contribution in [0.1, 0.15) is 13.8 Å². The largest absolute Gasteiger partial charge is 0.506 e. The smallest absolute Gasteiger partial charge is 0.268 e. The van der Waals surface area contributed by atoms with Gasteiger partial charge >= 0.3 is 0 Å². The highest BCUT2D eigenvalue weighted by atomic mass is 16.5. The van der Waals surface area contributed by atoms with Crippen LogP contribution in [0.2, 0.25) is 0 Å². The van der Waals surface area contributed by atoms with Crippen molar-refractivity contribution in [2.75, 3.05) is 0 Å². The Morgan fingerprint density at radius 2 is 1.93 bits per heavy atom. The van der Waals surface area contributed by atoms with E-state index in [1.165, 1.54) is 4.57 Å². The summed E-state index contributed by atoms with van der Waals surface area (Å²) in [5.41, 5.74) is 0.841. The predicted octanol–water partition coefficient (Wildman–Crippen LogP) is 4.40. The number of rotatable bonds is 6. The van der Waals surface area contributed by atoms with E-state index in [0.29, 0.717) is 22.3 Å². The summed E-state index contributed by atoms with van der Waals surface area (Å²) in [4.78, 5) is 17.5. The molecular weight excluding hydrogens is 382 g/mol. The van der Waals surface area contributed by atoms with Gasteiger partial charge in [-0.3, -0.25) is 4.79 Å². The van der Waals surface area contributed by atoms with Gasteiger partial charge in [0.2, 0.25) is 5.82 Å². The van der Waals surface area contributed by atoms with E-state index >= 15 is 0 Å². The van der Waals surface area contributed by atoms with Crippen molar-refractivity contribution in [1.82, 2.24) is 14.7 Å². The van der Waals surface area contributed by atoms with Crippen molar-refractivity contribution in [2.24, 2.45) is 0 Å². The number of hydrogen-bond acceptors (Lipinski definition) is 6. The van der Waals surface area contributed by atoms with Crippen molar-refractivity contribution < 1.29 is 14.4 Å². The number of para-hydroxylation sites is 1. The monoisotopic (exact) mass is 403 g/mol. The molecule has 2 heterocycles. The molecule has 4 aromatic rings. The van der Waals surface area contributed by atoms with E-state index in [1.54, 1.807) is 30.3 Å². The van der Waals surface area contributed by atoms with E-state index in [4.69, 9.17) is 9.26 Å². The summed E-state index contributed by atoms with van der Waals surface area (Å²) in [6.07, 6.45) is 1.69. The van der Waals surface area contributed by atoms with Gasteiger partial charge in [-0.2, -0.15) is 4.98 Å². The molecule has 0 fully saturated rings. The molecule has 0 radical (unpaired) electrons. The lowest BCUT2D eigenvalue weighted by molar-refractivity contribution is 0.242. The second kappa shape index (κ2) is 7.87. The summed E-state index contributed by atoms with van der Waals surface area (Å²) in [6, 6.07) is 14.3. The van der Waals surface area contributed by atoms with Gasteiger partial charge in [-0.05, 0) is 50.2 Å². The molecule has 30 heavy (non-hydrogen) atoms. The van der Waals surface area contributed by atoms with Crippen molar-refractivity contribution >= 4 is 10.9 Å². The first-order valence-electron chi connectivity index (χ1n) is 9.56. The van der Waals surface area contributed by atoms with Gasteiger partial charge in [-0.25, -0.2) is 0 Å². The van der Waals surface area contributed by atoms with E-state index in [2.05, 4.69) is 16.7 Å². The van der Waals surface area contributed by atoms with Crippen LogP contribution in [0.25, 0.3) is 33.7 Å². The zero-order valence-corrected chi connectivity index (χ0v) is 16.7. The molecule has 4 rings (SSSR count). The highest BCUT2D eigenvalue weighted by molar-refractivity contribution is 5.91. The first-order chi connectivity index (χ1) is 14.5. The number of ether oxygens (including phenoxy) is 1. The van der Waals surface area contributed by atoms with Gasteiger partial charge < -0.3 is 18.9 Å². The Kier molecular flexibility index (Phi) is 5.10. The normalized spacial score (nSPS) is 11.2. The fraction of sp³-hybridized carbons (Fsp3) is 0.174. The average molecular weight is 403 g/mol. The zero-order chi connectivity index (χ0) is 21.3. The molecule has 0 aliphatic rings. The van der Waals surface area contributed by atoms with Crippen LogP contribution in [0.4, 0.5) is 0 Å². The number of fused-ring (bicyclic) bond motifs is 1. The van der Waals surface area contributed by atoms with Crippen LogP contribution < -0.4 is 10.3 Å². The van der Waals surface area contributed by atoms with Gasteiger partial charge in [0.05, 0.1) is 11.6 Å². The Morgan fingerprint density at radius 3 is 2.63 bits per heavy atom. The molecule has 2 aromatic carbocycles. The third kappa shape index (κ3) is 3.45. The van der Waals surface area contributed by atoms with Gasteiger partial charge in [0, 0.05) is 17.5 Å². The third-order valence-electron chi connectivity index (χ3n) is 4.58. The van der Waals surface area contributed by atoms with Gasteiger partial charge in [-0.1, -0.05) is 23.4 Å². The first-order valence-corrected chi connectivity index (χ1v) is 9.56. The number of nitrogens with zero attached hydrogens (tertiary/aromatic N) is 3. The van der Waals surface area contributed by atoms with Crippen LogP contribution in [0, 0.1) is 0 Å². The van der Waals surface area contributed by atoms with Crippen LogP contribution in [-0.2, 0) is 6.54 Å². The molecule has 1 N–H and O–H groups in total. The van der Waals surface area contributed by atoms with Crippen LogP contribution >= 0.6 is 0 Å². The molecule has 0 bridgehead atoms. The number of benzene rings is 2. The van der Waals surface area contributed by atoms with E-state index in [9.17, 15) is 9.90 Å². The van der Waals surface area contributed by atoms with E-state index in [-0.39, 0.29) is 29.9 Å². The molecule has 0 saturated carbocycles. The van der Waals surface area contributed by atoms with Crippen LogP contribution in [-0.4, -0.2) is 25.9 Å². The van der Waals surface area contributed by atoms with Gasteiger partial charge in [0.1, 0.15) is 17.1 Å². The number of aromatic hydroxyl groups is 1. The van der Waals surface area contributed by atoms with Gasteiger partial charge in [0.15, 0.2) is 0 Å². The molecule has 0 amide bonds. The van der Waals surface area contributed by atoms with Crippen molar-refractivity contribution in [1.29, 1.82) is 0 Å². The maximum absolute atomic E-state index is 13.1. The standard InChI is InChI=1S/C23H21N3O4/c1-4-13-26-18-8-6-5-7-17(18)20(27)19(23(26)28)22-24-21(25-30-22)15-9-11-16(12-10-15)29-14(2)3/h4-12,14,27H,1,13H2,2-3H3. The molecule has 7 heteroatoms. The molecular formula is C23H21N3O4. The topological polar surface area (TPSA) is 90.4 Å². The lowest BCUT2D eigenvalue weighted by Crippen LogP contribution is -2.22. The lowest BCUT2D eigenvalue weighted by atomic mass is 10.1. The Hall–Kier alpha value is -3.87. The fourth-order valence-corrected chi connectivity index (χ4v) is 3.29. The first kappa shape index (κ1) is 19.4. The van der Waals surface area contributed by atoms with Gasteiger partial charge in [0.25, 0.3) is 11.4 Å². The van der Waals surface area contributed by atoms with Crippen molar-refractivity contribution in [3.63, 3.8) is 0 Å². The number of pyridine rings is 1. The van der Waals surface area contributed by atoms with E-state index in [0.717, 1.165) is 5.75 Å². The predicted molar refractivity (Wildman–Crippen MR) is 115 cm³/mol. The molecule has 7 nitrogen and oxygen atoms in total. The summed E-state index contributed by atoms with van der Waals surface area (Å²) in [7, 11) is 0. The fourth-order valence-electron chi connectivity index (χ4n) is 3.29. The minimum atomic E-state index is -0.429. The van der Waals surface area contributed by atoms with Crippen LogP contribution in [0.3, 0.4) is 0 Å². The Labute approximate surface area is 172 Å². The molecule has 0 spiro atoms. The van der Waals surface area contributed by atoms with Crippen LogP contribution in [0.5, 0.6) is 11.5 Å². The highest BCUT2D eigenvalue weighted by Crippen LogP contribution is 2.33. The lowest BCUT2D eigenvalue weighted by Gasteiger charge is -2.11. The molecule has 0 saturated heterocycles. The maximum Gasteiger partial charge on any atom is 0.268 e. The summed E-state index contributed by atoms with van der Waals surface area (Å²) in [5.74, 6) is 0.811. The summed E-state index contributed by atoms with van der Waals surface area (Å²) < 4.78 is 12.5. The number of aromatic nitrogens is 3. The SMILES string of the molecule is C=CCn1c(=O)c(-c2nc(-c3ccc(OC(C)C)cc3)no2)c(O)c2ccccc21. The summed E-state index contributed by atoms with van der Waals surface area (Å²) >= 11 is 0. The molecule has 0 aliphatic heterocycles. The van der Waals surface area contributed by atoms with Crippen LogP contribution in [0.15, 0.2) is 70.5 Å². The van der Waals surface area contributed by atoms with E-state index < -0.39 is 5.56 Å². The minimum Gasteiger partial charge on any atom is -0.506 e. The summed E-state index contributed by atoms with van der Waals surface area (Å²) in [5, 5.41) is 15.3. The minimum absolute atomic E-state index is 0.0333. The third-order valence-corrected chi connectivity index (χ3v) is 4.58. The maximum atomic E-state index is 13.1. The summed E-state index contributed by atoms with van der Waals surface area (Å²) in [6.45, 7) is 7.90. The number of allylic oxidation sites excluding steroid dienone is 1. The van der Waals surface area contributed by atoms with Crippen molar-refractivity contribution in [2.45, 2.75) is 26.5 Å². The Balaban J connectivity index is 1.80. The van der Waals surface area contributed by atoms with Crippen molar-refractivity contribution in [3.8, 4) is 34.3 Å². The quantitative estimate of drug-likeness (QED) is 0.480. The molecule has 0 aliphatic carbocycles. The molecule has 0 unspecified atom stereocenters. The highest BCUT2D eigenvalue weighted by Gasteiger charge is 2.22. The Bertz CT molecular complexity index is 1270. The molecule has 0 atom stereocenters. The molecule has 152 valence electrons. The average Bonchev–Trinajstić information content (AvgIpc) is 3.21. The van der Waals surface area contributed by atoms with E-state index in [1.807, 2.05) is 38.1 Å². The number of hydrogen-bond donors (Lipinski definition) is 1. The molecule has 2 aromatic heterocycles. The van der Waals surface area contributed by atoms with Gasteiger partial charge in [-0.15, -0.1) is 6.58 Å². The Morgan fingerprint density at radius 1 is 1.20 bits per heavy atom. The second-order valence-electron chi connectivity index (χ2n) is 7.06. The second-order valence-corrected chi connectivity index (χ2v) is 7.06. The van der Waals surface area contributed by atoms with Crippen molar-refractivity contribution in [3.05, 3.63) is 71.5 Å². The zero-order valence-electron chi connectivity index (χ0n) is 16.7.